The van der Waals surface area contributed by atoms with E-state index in [0.717, 1.165) is 18.6 Å². The van der Waals surface area contributed by atoms with Crippen LogP contribution in [0, 0.1) is 17.5 Å². The van der Waals surface area contributed by atoms with E-state index in [1.54, 1.807) is 18.2 Å². The lowest BCUT2D eigenvalue weighted by atomic mass is 9.85. The maximum absolute atomic E-state index is 15.1. The van der Waals surface area contributed by atoms with Crippen LogP contribution in [0.25, 0.3) is 0 Å². The molecule has 13 heteroatoms. The fourth-order valence-corrected chi connectivity index (χ4v) is 7.67. The first-order chi connectivity index (χ1) is 20.6. The van der Waals surface area contributed by atoms with Crippen LogP contribution in [0.2, 0.25) is 0 Å². The first kappa shape index (κ1) is 30.9. The zero-order chi connectivity index (χ0) is 30.7. The van der Waals surface area contributed by atoms with E-state index in [1.807, 2.05) is 0 Å². The van der Waals surface area contributed by atoms with Crippen molar-refractivity contribution in [3.63, 3.8) is 0 Å². The maximum Gasteiger partial charge on any atom is 0.242 e. The van der Waals surface area contributed by atoms with Crippen molar-refractivity contribution < 1.29 is 31.1 Å². The van der Waals surface area contributed by atoms with Crippen LogP contribution in [-0.2, 0) is 21.2 Å². The van der Waals surface area contributed by atoms with Crippen LogP contribution in [0.4, 0.5) is 18.9 Å². The first-order valence-electron chi connectivity index (χ1n) is 14.1. The molecule has 1 aromatic heterocycles. The Kier molecular flexibility index (Phi) is 9.35. The van der Waals surface area contributed by atoms with E-state index >= 15 is 4.39 Å². The Morgan fingerprint density at radius 1 is 1.14 bits per heavy atom. The molecule has 0 saturated carbocycles. The van der Waals surface area contributed by atoms with Crippen molar-refractivity contribution in [1.82, 2.24) is 14.6 Å². The van der Waals surface area contributed by atoms with E-state index < -0.39 is 45.3 Å². The number of nitrogens with two attached hydrogens (primary N) is 1. The van der Waals surface area contributed by atoms with Gasteiger partial charge in [-0.2, -0.15) is 4.31 Å². The number of halogens is 3. The number of carbonyl (C=O) groups excluding carboxylic acids is 1. The predicted octanol–water partition coefficient (Wildman–Crippen LogP) is 3.30. The van der Waals surface area contributed by atoms with Crippen LogP contribution < -0.4 is 21.1 Å². The zero-order valence-corrected chi connectivity index (χ0v) is 24.4. The molecular weight excluding hydrogens is 583 g/mol. The summed E-state index contributed by atoms with van der Waals surface area (Å²) in [5, 5.41) is 6.11. The fraction of sp³-hybridized carbons (Fsp3) is 0.400. The molecule has 4 N–H and O–H groups in total. The number of nitrogens with one attached hydrogen (secondary N) is 2. The summed E-state index contributed by atoms with van der Waals surface area (Å²) in [6.07, 6.45) is 3.31. The van der Waals surface area contributed by atoms with Crippen molar-refractivity contribution in [3.05, 3.63) is 88.9 Å². The van der Waals surface area contributed by atoms with E-state index in [2.05, 4.69) is 15.6 Å². The average Bonchev–Trinajstić information content (AvgIpc) is 3.10. The highest BCUT2D eigenvalue weighted by Crippen LogP contribution is 2.31. The summed E-state index contributed by atoms with van der Waals surface area (Å²) in [6, 6.07) is 9.16. The van der Waals surface area contributed by atoms with Gasteiger partial charge in [0.2, 0.25) is 21.8 Å². The molecule has 5 rings (SSSR count). The molecule has 3 heterocycles. The average molecular weight is 618 g/mol. The minimum absolute atomic E-state index is 0.0867. The Morgan fingerprint density at radius 2 is 1.93 bits per heavy atom. The summed E-state index contributed by atoms with van der Waals surface area (Å²) < 4.78 is 75.5. The summed E-state index contributed by atoms with van der Waals surface area (Å²) in [6.45, 7) is 0.838. The molecule has 2 saturated heterocycles. The van der Waals surface area contributed by atoms with E-state index in [4.69, 9.17) is 10.5 Å². The molecule has 0 spiro atoms. The predicted molar refractivity (Wildman–Crippen MR) is 156 cm³/mol. The van der Waals surface area contributed by atoms with E-state index in [0.29, 0.717) is 37.4 Å². The minimum atomic E-state index is -3.42. The second kappa shape index (κ2) is 13.0. The summed E-state index contributed by atoms with van der Waals surface area (Å²) >= 11 is 0. The van der Waals surface area contributed by atoms with E-state index in [1.165, 1.54) is 35.8 Å². The van der Waals surface area contributed by atoms with Gasteiger partial charge in [-0.25, -0.2) is 26.6 Å². The van der Waals surface area contributed by atoms with Gasteiger partial charge in [0, 0.05) is 54.6 Å². The van der Waals surface area contributed by atoms with Crippen LogP contribution in [0.5, 0.6) is 5.88 Å². The highest BCUT2D eigenvalue weighted by molar-refractivity contribution is 7.89. The SMILES string of the molecule is COc1ccc(C(c2ccc(F)c(F)c2)C(N)C(=O)Nc2cccc(F)c2CCC2CNC3CCCS(=O)(=O)N2C3)cn1. The van der Waals surface area contributed by atoms with Crippen molar-refractivity contribution in [1.29, 1.82) is 0 Å². The number of hydrogen-bond donors (Lipinski definition) is 3. The lowest BCUT2D eigenvalue weighted by Gasteiger charge is -2.37. The zero-order valence-electron chi connectivity index (χ0n) is 23.6. The topological polar surface area (TPSA) is 127 Å². The summed E-state index contributed by atoms with van der Waals surface area (Å²) in [4.78, 5) is 17.7. The number of piperazine rings is 1. The van der Waals surface area contributed by atoms with Gasteiger partial charge in [0.25, 0.3) is 0 Å². The Bertz CT molecular complexity index is 1570. The minimum Gasteiger partial charge on any atom is -0.481 e. The summed E-state index contributed by atoms with van der Waals surface area (Å²) in [5.41, 5.74) is 7.56. The normalized spacial score (nSPS) is 22.7. The van der Waals surface area contributed by atoms with Crippen molar-refractivity contribution >= 4 is 21.6 Å². The van der Waals surface area contributed by atoms with Gasteiger partial charge in [0.05, 0.1) is 18.9 Å². The molecule has 1 amide bonds. The number of hydrogen-bond acceptors (Lipinski definition) is 7. The standard InChI is InChI=1S/C30H34F3N5O4S/c1-42-27-12-8-19(15-36-27)28(18-7-11-24(32)25(33)14-18)29(34)30(39)37-26-6-2-5-23(31)22(26)10-9-21-16-35-20-4-3-13-43(40,41)38(21)17-20/h2,5-8,11-12,14-15,20-21,28-29,35H,3-4,9-10,13,16-17,34H2,1H3,(H,37,39). The molecule has 43 heavy (non-hydrogen) atoms. The van der Waals surface area contributed by atoms with Gasteiger partial charge in [-0.3, -0.25) is 4.79 Å². The number of fused-ring (bicyclic) bond motifs is 2. The number of rotatable bonds is 9. The smallest absolute Gasteiger partial charge is 0.242 e. The molecule has 0 radical (unpaired) electrons. The van der Waals surface area contributed by atoms with Gasteiger partial charge in [-0.1, -0.05) is 18.2 Å². The number of pyridine rings is 1. The number of carbonyl (C=O) groups is 1. The molecule has 0 aliphatic carbocycles. The van der Waals surface area contributed by atoms with Crippen LogP contribution in [0.15, 0.2) is 54.7 Å². The van der Waals surface area contributed by atoms with E-state index in [-0.39, 0.29) is 41.1 Å². The van der Waals surface area contributed by atoms with E-state index in [9.17, 15) is 22.0 Å². The number of anilines is 1. The number of sulfonamides is 1. The largest absolute Gasteiger partial charge is 0.481 e. The third-order valence-corrected chi connectivity index (χ3v) is 10.1. The Hall–Kier alpha value is -3.52. The van der Waals surface area contributed by atoms with Crippen LogP contribution in [-0.4, -0.2) is 67.7 Å². The molecule has 3 aromatic rings. The number of amides is 1. The number of benzene rings is 2. The van der Waals surface area contributed by atoms with Gasteiger partial charge in [0.1, 0.15) is 5.82 Å². The van der Waals surface area contributed by atoms with Gasteiger partial charge in [-0.15, -0.1) is 0 Å². The molecular formula is C30H34F3N5O4S. The molecule has 5 unspecified atom stereocenters. The second-order valence-corrected chi connectivity index (χ2v) is 12.9. The third kappa shape index (κ3) is 6.85. The maximum atomic E-state index is 15.1. The first-order valence-corrected chi connectivity index (χ1v) is 15.7. The molecule has 2 aromatic carbocycles. The highest BCUT2D eigenvalue weighted by Gasteiger charge is 2.38. The molecule has 2 fully saturated rings. The monoisotopic (exact) mass is 617 g/mol. The number of aromatic nitrogens is 1. The number of methoxy groups -OCH3 is 1. The molecule has 2 aliphatic heterocycles. The highest BCUT2D eigenvalue weighted by atomic mass is 32.2. The fourth-order valence-electron chi connectivity index (χ4n) is 5.86. The van der Waals surface area contributed by atoms with Gasteiger partial charge in [0.15, 0.2) is 11.6 Å². The van der Waals surface area contributed by atoms with Crippen LogP contribution >= 0.6 is 0 Å². The third-order valence-electron chi connectivity index (χ3n) is 8.16. The van der Waals surface area contributed by atoms with Crippen molar-refractivity contribution in [3.8, 4) is 5.88 Å². The molecule has 2 aliphatic rings. The van der Waals surface area contributed by atoms with Crippen LogP contribution in [0.3, 0.4) is 0 Å². The summed E-state index contributed by atoms with van der Waals surface area (Å²) in [5.74, 6) is -3.91. The second-order valence-electron chi connectivity index (χ2n) is 10.9. The quantitative estimate of drug-likeness (QED) is 0.336. The molecule has 9 nitrogen and oxygen atoms in total. The summed E-state index contributed by atoms with van der Waals surface area (Å²) in [7, 11) is -1.97. The Balaban J connectivity index is 1.37. The number of nitrogens with zero attached hydrogens (tertiary/aromatic N) is 2. The lowest BCUT2D eigenvalue weighted by molar-refractivity contribution is -0.117. The molecule has 230 valence electrons. The Labute approximate surface area is 248 Å². The lowest BCUT2D eigenvalue weighted by Crippen LogP contribution is -2.57. The van der Waals surface area contributed by atoms with Crippen molar-refractivity contribution in [2.75, 3.05) is 31.3 Å². The van der Waals surface area contributed by atoms with Gasteiger partial charge in [-0.05, 0) is 61.1 Å². The van der Waals surface area contributed by atoms with Crippen molar-refractivity contribution in [2.45, 2.75) is 49.7 Å². The van der Waals surface area contributed by atoms with Gasteiger partial charge < -0.3 is 21.1 Å². The number of ether oxygens (including phenoxy) is 1. The van der Waals surface area contributed by atoms with Crippen molar-refractivity contribution in [2.24, 2.45) is 5.73 Å². The van der Waals surface area contributed by atoms with Crippen LogP contribution in [0.1, 0.15) is 41.9 Å². The Morgan fingerprint density at radius 3 is 2.65 bits per heavy atom. The molecule has 5 atom stereocenters. The molecule has 2 bridgehead atoms. The van der Waals surface area contributed by atoms with Gasteiger partial charge >= 0.3 is 0 Å².